The van der Waals surface area contributed by atoms with Crippen LogP contribution in [0.1, 0.15) is 33.6 Å². The lowest BCUT2D eigenvalue weighted by molar-refractivity contribution is -0.00874. The van der Waals surface area contributed by atoms with E-state index in [1.54, 1.807) is 0 Å². The van der Waals surface area contributed by atoms with Crippen molar-refractivity contribution in [2.75, 3.05) is 51.3 Å². The lowest BCUT2D eigenvalue weighted by Crippen LogP contribution is -2.55. The van der Waals surface area contributed by atoms with Crippen LogP contribution in [0.5, 0.6) is 0 Å². The Bertz CT molecular complexity index is 276. The molecule has 2 aliphatic heterocycles. The van der Waals surface area contributed by atoms with E-state index in [2.05, 4.69) is 46.5 Å². The Morgan fingerprint density at radius 1 is 1.05 bits per heavy atom. The number of nitrogens with zero attached hydrogens (tertiary/aromatic N) is 2. The largest absolute Gasteiger partial charge is 0.381 e. The highest BCUT2D eigenvalue weighted by Gasteiger charge is 2.35. The van der Waals surface area contributed by atoms with Gasteiger partial charge in [-0.25, -0.2) is 0 Å². The Balaban J connectivity index is 1.84. The summed E-state index contributed by atoms with van der Waals surface area (Å²) in [6.07, 6.45) is 2.41. The number of halogens is 1. The average Bonchev–Trinajstić information content (AvgIpc) is 2.39. The van der Waals surface area contributed by atoms with Gasteiger partial charge in [-0.15, -0.1) is 0 Å². The normalized spacial score (nSPS) is 26.5. The quantitative estimate of drug-likeness (QED) is 0.739. The van der Waals surface area contributed by atoms with E-state index in [-0.39, 0.29) is 0 Å². The highest BCUT2D eigenvalue weighted by atomic mass is 79.9. The number of hydrogen-bond donors (Lipinski definition) is 0. The zero-order chi connectivity index (χ0) is 13.9. The fourth-order valence-corrected chi connectivity index (χ4v) is 3.93. The van der Waals surface area contributed by atoms with Crippen LogP contribution in [0.2, 0.25) is 0 Å². The van der Waals surface area contributed by atoms with Gasteiger partial charge < -0.3 is 9.64 Å². The van der Waals surface area contributed by atoms with Crippen molar-refractivity contribution < 1.29 is 4.74 Å². The van der Waals surface area contributed by atoms with Crippen molar-refractivity contribution in [1.29, 1.82) is 0 Å². The molecule has 0 atom stereocenters. The average molecular weight is 333 g/mol. The van der Waals surface area contributed by atoms with E-state index in [1.807, 2.05) is 0 Å². The van der Waals surface area contributed by atoms with Gasteiger partial charge in [-0.2, -0.15) is 0 Å². The van der Waals surface area contributed by atoms with E-state index in [0.29, 0.717) is 11.0 Å². The molecule has 0 aliphatic carbocycles. The predicted octanol–water partition coefficient (Wildman–Crippen LogP) is 2.59. The van der Waals surface area contributed by atoms with Crippen LogP contribution >= 0.6 is 15.9 Å². The highest BCUT2D eigenvalue weighted by Crippen LogP contribution is 2.34. The zero-order valence-electron chi connectivity index (χ0n) is 12.8. The van der Waals surface area contributed by atoms with E-state index < -0.39 is 0 Å². The maximum absolute atomic E-state index is 5.53. The minimum absolute atomic E-state index is 0.317. The van der Waals surface area contributed by atoms with Crippen LogP contribution in [0.25, 0.3) is 0 Å². The van der Waals surface area contributed by atoms with Gasteiger partial charge in [0, 0.05) is 56.8 Å². The van der Waals surface area contributed by atoms with Gasteiger partial charge in [-0.05, 0) is 39.0 Å². The van der Waals surface area contributed by atoms with Gasteiger partial charge in [0.15, 0.2) is 0 Å². The Hall–Kier alpha value is 0.360. The Kier molecular flexibility index (Phi) is 5.32. The maximum Gasteiger partial charge on any atom is 0.0472 e. The van der Waals surface area contributed by atoms with E-state index in [0.717, 1.165) is 18.5 Å². The van der Waals surface area contributed by atoms with E-state index >= 15 is 0 Å². The smallest absolute Gasteiger partial charge is 0.0472 e. The summed E-state index contributed by atoms with van der Waals surface area (Å²) in [6.45, 7) is 14.9. The first kappa shape index (κ1) is 15.7. The zero-order valence-corrected chi connectivity index (χ0v) is 14.3. The molecule has 3 nitrogen and oxygen atoms in total. The number of hydrogen-bond acceptors (Lipinski definition) is 3. The third-order valence-electron chi connectivity index (χ3n) is 4.72. The van der Waals surface area contributed by atoms with Crippen molar-refractivity contribution in [1.82, 2.24) is 9.80 Å². The first-order chi connectivity index (χ1) is 8.95. The van der Waals surface area contributed by atoms with Crippen LogP contribution in [0.3, 0.4) is 0 Å². The molecule has 2 aliphatic rings. The molecule has 0 saturated carbocycles. The lowest BCUT2D eigenvalue weighted by Gasteiger charge is -2.46. The Labute approximate surface area is 126 Å². The summed E-state index contributed by atoms with van der Waals surface area (Å²) in [6, 6.07) is 0. The molecule has 2 saturated heterocycles. The maximum atomic E-state index is 5.53. The van der Waals surface area contributed by atoms with Gasteiger partial charge in [-0.1, -0.05) is 15.9 Å². The molecule has 0 spiro atoms. The van der Waals surface area contributed by atoms with Crippen LogP contribution in [0.15, 0.2) is 0 Å². The summed E-state index contributed by atoms with van der Waals surface area (Å²) in [5.41, 5.74) is 0.764. The highest BCUT2D eigenvalue weighted by molar-refractivity contribution is 9.09. The third-order valence-corrected chi connectivity index (χ3v) is 5.91. The monoisotopic (exact) mass is 332 g/mol. The number of alkyl halides is 1. The molecule has 112 valence electrons. The molecule has 0 unspecified atom stereocenters. The van der Waals surface area contributed by atoms with Crippen molar-refractivity contribution in [3.05, 3.63) is 0 Å². The van der Waals surface area contributed by atoms with Gasteiger partial charge in [0.2, 0.25) is 0 Å². The van der Waals surface area contributed by atoms with Crippen LogP contribution in [0, 0.1) is 5.41 Å². The van der Waals surface area contributed by atoms with Crippen molar-refractivity contribution >= 4 is 15.9 Å². The van der Waals surface area contributed by atoms with Crippen LogP contribution in [0.4, 0.5) is 0 Å². The second-order valence-electron chi connectivity index (χ2n) is 7.18. The third kappa shape index (κ3) is 4.16. The number of piperazine rings is 1. The number of ether oxygens (including phenoxy) is 1. The molecule has 2 fully saturated rings. The molecule has 0 N–H and O–H groups in total. The lowest BCUT2D eigenvalue weighted by atomic mass is 9.81. The molecular weight excluding hydrogens is 304 g/mol. The second kappa shape index (κ2) is 6.42. The van der Waals surface area contributed by atoms with Gasteiger partial charge in [0.1, 0.15) is 0 Å². The van der Waals surface area contributed by atoms with Gasteiger partial charge in [0.25, 0.3) is 0 Å². The first-order valence-corrected chi connectivity index (χ1v) is 8.69. The van der Waals surface area contributed by atoms with E-state index in [4.69, 9.17) is 4.74 Å². The van der Waals surface area contributed by atoms with E-state index in [1.165, 1.54) is 45.6 Å². The second-order valence-corrected chi connectivity index (χ2v) is 7.74. The molecule has 0 bridgehead atoms. The molecule has 4 heteroatoms. The first-order valence-electron chi connectivity index (χ1n) is 7.56. The van der Waals surface area contributed by atoms with Crippen LogP contribution in [-0.4, -0.2) is 66.6 Å². The van der Waals surface area contributed by atoms with Gasteiger partial charge in [0.05, 0.1) is 0 Å². The minimum Gasteiger partial charge on any atom is -0.381 e. The summed E-state index contributed by atoms with van der Waals surface area (Å²) in [7, 11) is 0. The van der Waals surface area contributed by atoms with Gasteiger partial charge in [-0.3, -0.25) is 4.90 Å². The van der Waals surface area contributed by atoms with Crippen LogP contribution in [-0.2, 0) is 4.74 Å². The van der Waals surface area contributed by atoms with Crippen molar-refractivity contribution in [2.45, 2.75) is 39.2 Å². The standard InChI is InChI=1S/C15H29BrN2O/c1-14(2,3)18-8-6-17(7-9-18)13-15(12-16)4-10-19-11-5-15/h4-13H2,1-3H3. The molecule has 0 aromatic heterocycles. The summed E-state index contributed by atoms with van der Waals surface area (Å²) >= 11 is 3.75. The summed E-state index contributed by atoms with van der Waals surface area (Å²) in [4.78, 5) is 5.27. The Morgan fingerprint density at radius 3 is 2.11 bits per heavy atom. The summed E-state index contributed by atoms with van der Waals surface area (Å²) in [5, 5.41) is 1.11. The van der Waals surface area contributed by atoms with E-state index in [9.17, 15) is 0 Å². The summed E-state index contributed by atoms with van der Waals surface area (Å²) < 4.78 is 5.53. The van der Waals surface area contributed by atoms with Crippen LogP contribution < -0.4 is 0 Å². The van der Waals surface area contributed by atoms with Gasteiger partial charge >= 0.3 is 0 Å². The molecule has 0 aromatic carbocycles. The SMILES string of the molecule is CC(C)(C)N1CCN(CC2(CBr)CCOCC2)CC1. The molecular formula is C15H29BrN2O. The van der Waals surface area contributed by atoms with Crippen molar-refractivity contribution in [3.63, 3.8) is 0 Å². The fraction of sp³-hybridized carbons (Fsp3) is 1.00. The molecule has 19 heavy (non-hydrogen) atoms. The molecule has 2 heterocycles. The minimum atomic E-state index is 0.317. The van der Waals surface area contributed by atoms with Crippen molar-refractivity contribution in [2.24, 2.45) is 5.41 Å². The summed E-state index contributed by atoms with van der Waals surface area (Å²) in [5.74, 6) is 0. The molecule has 0 amide bonds. The predicted molar refractivity (Wildman–Crippen MR) is 84.0 cm³/mol. The fourth-order valence-electron chi connectivity index (χ4n) is 3.19. The van der Waals surface area contributed by atoms with Crippen molar-refractivity contribution in [3.8, 4) is 0 Å². The number of rotatable bonds is 3. The topological polar surface area (TPSA) is 15.7 Å². The molecule has 0 radical (unpaired) electrons. The Morgan fingerprint density at radius 2 is 1.63 bits per heavy atom. The molecule has 2 rings (SSSR count). The molecule has 0 aromatic rings.